The molecule has 0 radical (unpaired) electrons. The summed E-state index contributed by atoms with van der Waals surface area (Å²) in [5, 5.41) is 5.79. The van der Waals surface area contributed by atoms with Crippen molar-refractivity contribution in [1.29, 1.82) is 0 Å². The Bertz CT molecular complexity index is 876. The molecule has 2 aromatic carbocycles. The van der Waals surface area contributed by atoms with Crippen LogP contribution in [0.4, 0.5) is 0 Å². The van der Waals surface area contributed by atoms with Crippen LogP contribution in [0.3, 0.4) is 0 Å². The molecule has 0 aliphatic heterocycles. The van der Waals surface area contributed by atoms with Crippen molar-refractivity contribution in [3.63, 3.8) is 0 Å². The van der Waals surface area contributed by atoms with Gasteiger partial charge in [-0.3, -0.25) is 0 Å². The second-order valence-corrected chi connectivity index (χ2v) is 10.6. The smallest absolute Gasteiger partial charge is 0.0218 e. The van der Waals surface area contributed by atoms with E-state index in [1.54, 1.807) is 0 Å². The normalized spacial score (nSPS) is 13.5. The van der Waals surface area contributed by atoms with E-state index in [0.717, 1.165) is 0 Å². The summed E-state index contributed by atoms with van der Waals surface area (Å²) in [6.07, 6.45) is 0. The third-order valence-electron chi connectivity index (χ3n) is 4.45. The highest BCUT2D eigenvalue weighted by Gasteiger charge is 2.20. The SMILES string of the molecule is CC(C)(C)c1cc(I)c2c(c1)=c1cc(C(C)(C)C)cc(I)c1=2. The monoisotopic (exact) mass is 516 g/mol. The highest BCUT2D eigenvalue weighted by atomic mass is 127. The molecule has 1 aliphatic rings. The Balaban J connectivity index is 2.43. The van der Waals surface area contributed by atoms with E-state index in [1.165, 1.54) is 39.1 Å². The van der Waals surface area contributed by atoms with Gasteiger partial charge in [-0.1, -0.05) is 41.5 Å². The summed E-state index contributed by atoms with van der Waals surface area (Å²) in [5.74, 6) is 0. The summed E-state index contributed by atoms with van der Waals surface area (Å²) in [6, 6.07) is 9.52. The molecular formula is C20H22I2. The van der Waals surface area contributed by atoms with Gasteiger partial charge in [0.1, 0.15) is 0 Å². The molecular weight excluding hydrogens is 494 g/mol. The second kappa shape index (κ2) is 5.20. The number of fused-ring (bicyclic) bond motifs is 2. The first-order chi connectivity index (χ1) is 10.00. The molecule has 116 valence electrons. The number of hydrogen-bond donors (Lipinski definition) is 0. The van der Waals surface area contributed by atoms with Crippen LogP contribution in [0, 0.1) is 28.0 Å². The van der Waals surface area contributed by atoms with Gasteiger partial charge in [-0.2, -0.15) is 0 Å². The average Bonchev–Trinajstić information content (AvgIpc) is 2.32. The molecule has 0 nitrogen and oxygen atoms in total. The maximum Gasteiger partial charge on any atom is 0.0218 e. The van der Waals surface area contributed by atoms with E-state index in [1.807, 2.05) is 0 Å². The first-order valence-corrected chi connectivity index (χ1v) is 9.84. The Hall–Kier alpha value is -0.100. The maximum atomic E-state index is 2.50. The molecule has 0 spiro atoms. The summed E-state index contributed by atoms with van der Waals surface area (Å²) in [5.41, 5.74) is 3.24. The van der Waals surface area contributed by atoms with Crippen molar-refractivity contribution in [2.75, 3.05) is 0 Å². The van der Waals surface area contributed by atoms with Gasteiger partial charge in [-0.15, -0.1) is 0 Å². The van der Waals surface area contributed by atoms with E-state index < -0.39 is 0 Å². The quantitative estimate of drug-likeness (QED) is 0.305. The lowest BCUT2D eigenvalue weighted by molar-refractivity contribution is 0.587. The Kier molecular flexibility index (Phi) is 3.96. The van der Waals surface area contributed by atoms with Crippen LogP contribution in [0.15, 0.2) is 24.3 Å². The van der Waals surface area contributed by atoms with Crippen molar-refractivity contribution in [1.82, 2.24) is 0 Å². The maximum absolute atomic E-state index is 2.50. The van der Waals surface area contributed by atoms with Gasteiger partial charge in [0.15, 0.2) is 0 Å². The minimum Gasteiger partial charge on any atom is -0.0561 e. The molecule has 0 unspecified atom stereocenters. The van der Waals surface area contributed by atoms with E-state index in [-0.39, 0.29) is 10.8 Å². The van der Waals surface area contributed by atoms with Gasteiger partial charge in [0.2, 0.25) is 0 Å². The number of benzene rings is 2. The van der Waals surface area contributed by atoms with E-state index in [0.29, 0.717) is 0 Å². The lowest BCUT2D eigenvalue weighted by Gasteiger charge is -2.23. The van der Waals surface area contributed by atoms with Crippen LogP contribution in [-0.4, -0.2) is 0 Å². The molecule has 22 heavy (non-hydrogen) atoms. The van der Waals surface area contributed by atoms with Crippen molar-refractivity contribution < 1.29 is 0 Å². The molecule has 1 aliphatic carbocycles. The molecule has 3 rings (SSSR count). The van der Waals surface area contributed by atoms with E-state index >= 15 is 0 Å². The zero-order valence-corrected chi connectivity index (χ0v) is 18.4. The molecule has 2 heteroatoms. The lowest BCUT2D eigenvalue weighted by atomic mass is 9.83. The zero-order valence-electron chi connectivity index (χ0n) is 14.1. The first-order valence-electron chi connectivity index (χ1n) is 7.69. The van der Waals surface area contributed by atoms with Crippen molar-refractivity contribution in [3.8, 4) is 0 Å². The van der Waals surface area contributed by atoms with Gasteiger partial charge in [-0.05, 0) is 102 Å². The molecule has 0 saturated carbocycles. The largest absolute Gasteiger partial charge is 0.0561 e. The molecule has 0 saturated heterocycles. The van der Waals surface area contributed by atoms with Crippen LogP contribution < -0.4 is 0 Å². The number of hydrogen-bond acceptors (Lipinski definition) is 0. The summed E-state index contributed by atoms with van der Waals surface area (Å²) in [4.78, 5) is 0. The van der Waals surface area contributed by atoms with Crippen molar-refractivity contribution >= 4 is 45.2 Å². The predicted octanol–water partition coefficient (Wildman–Crippen LogP) is 6.38. The Morgan fingerprint density at radius 1 is 0.591 bits per heavy atom. The topological polar surface area (TPSA) is 0 Å². The molecule has 0 N–H and O–H groups in total. The standard InChI is InChI=1S/C20H22I2/c1-19(2,3)11-7-13-14-8-12(20(4,5)6)10-16(22)18(14)17(13)15(21)9-11/h7-10H,1-6H3. The summed E-state index contributed by atoms with van der Waals surface area (Å²) >= 11 is 5.00. The van der Waals surface area contributed by atoms with Gasteiger partial charge >= 0.3 is 0 Å². The van der Waals surface area contributed by atoms with Crippen molar-refractivity contribution in [2.45, 2.75) is 52.4 Å². The van der Waals surface area contributed by atoms with Crippen molar-refractivity contribution in [2.24, 2.45) is 0 Å². The van der Waals surface area contributed by atoms with Gasteiger partial charge in [0.05, 0.1) is 0 Å². The third-order valence-corrected chi connectivity index (χ3v) is 6.15. The number of halogens is 2. The lowest BCUT2D eigenvalue weighted by Crippen LogP contribution is -2.14. The summed E-state index contributed by atoms with van der Waals surface area (Å²) in [6.45, 7) is 13.7. The second-order valence-electron chi connectivity index (χ2n) is 8.26. The minimum atomic E-state index is 0.194. The average molecular weight is 516 g/mol. The summed E-state index contributed by atoms with van der Waals surface area (Å²) < 4.78 is 2.77. The third kappa shape index (κ3) is 2.64. The van der Waals surface area contributed by atoms with E-state index in [4.69, 9.17) is 0 Å². The van der Waals surface area contributed by atoms with Gasteiger partial charge < -0.3 is 0 Å². The minimum absolute atomic E-state index is 0.194. The van der Waals surface area contributed by atoms with E-state index in [2.05, 4.69) is 111 Å². The Labute approximate surface area is 160 Å². The highest BCUT2D eigenvalue weighted by molar-refractivity contribution is 14.1. The van der Waals surface area contributed by atoms with Crippen LogP contribution in [-0.2, 0) is 10.8 Å². The fourth-order valence-corrected chi connectivity index (χ4v) is 4.74. The zero-order chi connectivity index (χ0) is 16.4. The fraction of sp³-hybridized carbons (Fsp3) is 0.400. The van der Waals surface area contributed by atoms with Crippen molar-refractivity contribution in [3.05, 3.63) is 63.4 Å². The van der Waals surface area contributed by atoms with Crippen LogP contribution in [0.1, 0.15) is 52.7 Å². The predicted molar refractivity (Wildman–Crippen MR) is 111 cm³/mol. The Morgan fingerprint density at radius 2 is 0.909 bits per heavy atom. The Morgan fingerprint density at radius 3 is 1.18 bits per heavy atom. The molecule has 0 atom stereocenters. The van der Waals surface area contributed by atoms with Gasteiger partial charge in [0.25, 0.3) is 0 Å². The first kappa shape index (κ1) is 16.7. The van der Waals surface area contributed by atoms with Crippen LogP contribution in [0.25, 0.3) is 0 Å². The van der Waals surface area contributed by atoms with Gasteiger partial charge in [-0.25, -0.2) is 0 Å². The van der Waals surface area contributed by atoms with E-state index in [9.17, 15) is 0 Å². The number of rotatable bonds is 0. The van der Waals surface area contributed by atoms with Crippen LogP contribution in [0.5, 0.6) is 0 Å². The van der Waals surface area contributed by atoms with Crippen LogP contribution in [0.2, 0.25) is 0 Å². The van der Waals surface area contributed by atoms with Crippen LogP contribution >= 0.6 is 45.2 Å². The highest BCUT2D eigenvalue weighted by Crippen LogP contribution is 2.32. The molecule has 0 bridgehead atoms. The molecule has 0 fully saturated rings. The molecule has 0 amide bonds. The summed E-state index contributed by atoms with van der Waals surface area (Å²) in [7, 11) is 0. The van der Waals surface area contributed by atoms with Gasteiger partial charge in [0, 0.05) is 17.6 Å². The fourth-order valence-electron chi connectivity index (χ4n) is 2.95. The molecule has 0 aromatic heterocycles. The molecule has 0 heterocycles. The molecule has 2 aromatic rings.